The largest absolute Gasteiger partial charge is 0.497 e. The van der Waals surface area contributed by atoms with Gasteiger partial charge < -0.3 is 4.74 Å². The molecule has 22 heavy (non-hydrogen) atoms. The molecule has 4 nitrogen and oxygen atoms in total. The highest BCUT2D eigenvalue weighted by Gasteiger charge is 2.30. The number of sulfonamides is 1. The van der Waals surface area contributed by atoms with Crippen LogP contribution in [0, 0.1) is 0 Å². The van der Waals surface area contributed by atoms with E-state index in [9.17, 15) is 8.42 Å². The summed E-state index contributed by atoms with van der Waals surface area (Å²) in [7, 11) is -1.89. The Morgan fingerprint density at radius 2 is 1.95 bits per heavy atom. The highest BCUT2D eigenvalue weighted by molar-refractivity contribution is 7.89. The molecular weight excluding hydrogens is 318 g/mol. The van der Waals surface area contributed by atoms with Crippen molar-refractivity contribution in [3.05, 3.63) is 46.7 Å². The van der Waals surface area contributed by atoms with Gasteiger partial charge in [-0.05, 0) is 42.3 Å². The van der Waals surface area contributed by atoms with Gasteiger partial charge in [-0.25, -0.2) is 8.42 Å². The van der Waals surface area contributed by atoms with Crippen molar-refractivity contribution in [3.8, 4) is 5.75 Å². The van der Waals surface area contributed by atoms with Crippen LogP contribution in [0.2, 0.25) is 0 Å². The number of rotatable bonds is 4. The van der Waals surface area contributed by atoms with Crippen LogP contribution in [0.5, 0.6) is 5.75 Å². The van der Waals surface area contributed by atoms with Crippen LogP contribution >= 0.6 is 11.3 Å². The first kappa shape index (κ1) is 15.5. The van der Waals surface area contributed by atoms with Crippen LogP contribution < -0.4 is 4.74 Å². The first-order valence-electron chi connectivity index (χ1n) is 7.29. The molecule has 0 amide bonds. The topological polar surface area (TPSA) is 46.6 Å². The minimum atomic E-state index is -3.43. The molecule has 1 aliphatic rings. The Kier molecular flexibility index (Phi) is 4.52. The van der Waals surface area contributed by atoms with Gasteiger partial charge in [0.2, 0.25) is 10.0 Å². The van der Waals surface area contributed by atoms with Gasteiger partial charge in [-0.15, -0.1) is 11.3 Å². The van der Waals surface area contributed by atoms with Gasteiger partial charge in [-0.3, -0.25) is 0 Å². The third-order valence-electron chi connectivity index (χ3n) is 4.08. The Bertz CT molecular complexity index is 718. The standard InChI is InChI=1S/C16H19NO3S2/c1-20-14-4-2-5-15(12-14)22(18,19)17-9-7-13(8-10-17)16-6-3-11-21-16/h2-6,11-13H,7-10H2,1H3. The van der Waals surface area contributed by atoms with Crippen molar-refractivity contribution in [2.75, 3.05) is 20.2 Å². The molecule has 2 aromatic rings. The molecule has 0 spiro atoms. The van der Waals surface area contributed by atoms with Crippen molar-refractivity contribution < 1.29 is 13.2 Å². The van der Waals surface area contributed by atoms with E-state index in [1.54, 1.807) is 39.9 Å². The Balaban J connectivity index is 1.74. The highest BCUT2D eigenvalue weighted by atomic mass is 32.2. The van der Waals surface area contributed by atoms with E-state index in [0.29, 0.717) is 29.7 Å². The van der Waals surface area contributed by atoms with Gasteiger partial charge in [0.1, 0.15) is 5.75 Å². The smallest absolute Gasteiger partial charge is 0.243 e. The number of nitrogens with zero attached hydrogens (tertiary/aromatic N) is 1. The lowest BCUT2D eigenvalue weighted by Gasteiger charge is -2.30. The Morgan fingerprint density at radius 1 is 1.18 bits per heavy atom. The molecule has 0 bridgehead atoms. The van der Waals surface area contributed by atoms with Crippen LogP contribution in [-0.4, -0.2) is 32.9 Å². The molecule has 1 aromatic carbocycles. The lowest BCUT2D eigenvalue weighted by molar-refractivity contribution is 0.321. The van der Waals surface area contributed by atoms with Crippen molar-refractivity contribution >= 4 is 21.4 Å². The fraction of sp³-hybridized carbons (Fsp3) is 0.375. The van der Waals surface area contributed by atoms with E-state index in [2.05, 4.69) is 17.5 Å². The van der Waals surface area contributed by atoms with Crippen LogP contribution in [0.25, 0.3) is 0 Å². The molecule has 0 radical (unpaired) electrons. The van der Waals surface area contributed by atoms with Crippen LogP contribution in [0.4, 0.5) is 0 Å². The fourth-order valence-electron chi connectivity index (χ4n) is 2.81. The zero-order valence-corrected chi connectivity index (χ0v) is 14.1. The number of ether oxygens (including phenoxy) is 1. The van der Waals surface area contributed by atoms with E-state index in [1.165, 1.54) is 12.0 Å². The molecule has 3 rings (SSSR count). The lowest BCUT2D eigenvalue weighted by Crippen LogP contribution is -2.37. The molecular formula is C16H19NO3S2. The third-order valence-corrected chi connectivity index (χ3v) is 7.01. The molecule has 1 fully saturated rings. The van der Waals surface area contributed by atoms with E-state index in [1.807, 2.05) is 0 Å². The van der Waals surface area contributed by atoms with Gasteiger partial charge in [0.05, 0.1) is 12.0 Å². The minimum absolute atomic E-state index is 0.307. The molecule has 6 heteroatoms. The van der Waals surface area contributed by atoms with Crippen LogP contribution in [0.1, 0.15) is 23.6 Å². The SMILES string of the molecule is COc1cccc(S(=O)(=O)N2CCC(c3cccs3)CC2)c1. The predicted octanol–water partition coefficient (Wildman–Crippen LogP) is 3.33. The zero-order valence-electron chi connectivity index (χ0n) is 12.4. The molecule has 2 heterocycles. The number of methoxy groups -OCH3 is 1. The molecule has 0 unspecified atom stereocenters. The zero-order chi connectivity index (χ0) is 15.6. The molecule has 0 aliphatic carbocycles. The van der Waals surface area contributed by atoms with Crippen molar-refractivity contribution in [2.24, 2.45) is 0 Å². The first-order valence-corrected chi connectivity index (χ1v) is 9.61. The minimum Gasteiger partial charge on any atom is -0.497 e. The average Bonchev–Trinajstić information content (AvgIpc) is 3.09. The summed E-state index contributed by atoms with van der Waals surface area (Å²) in [4.78, 5) is 1.67. The maximum atomic E-state index is 12.7. The summed E-state index contributed by atoms with van der Waals surface area (Å²) in [6.07, 6.45) is 1.76. The van der Waals surface area contributed by atoms with Crippen molar-refractivity contribution in [3.63, 3.8) is 0 Å². The second kappa shape index (κ2) is 6.40. The van der Waals surface area contributed by atoms with E-state index in [-0.39, 0.29) is 0 Å². The Labute approximate surface area is 135 Å². The normalized spacial score (nSPS) is 17.5. The van der Waals surface area contributed by atoms with Crippen LogP contribution in [0.3, 0.4) is 0 Å². The van der Waals surface area contributed by atoms with E-state index < -0.39 is 10.0 Å². The van der Waals surface area contributed by atoms with Gasteiger partial charge in [-0.1, -0.05) is 12.1 Å². The second-order valence-electron chi connectivity index (χ2n) is 5.37. The molecule has 0 N–H and O–H groups in total. The summed E-state index contributed by atoms with van der Waals surface area (Å²) in [5, 5.41) is 2.08. The third kappa shape index (κ3) is 3.04. The number of benzene rings is 1. The summed E-state index contributed by atoms with van der Waals surface area (Å²) < 4.78 is 32.2. The van der Waals surface area contributed by atoms with E-state index in [0.717, 1.165) is 12.8 Å². The summed E-state index contributed by atoms with van der Waals surface area (Å²) in [5.41, 5.74) is 0. The van der Waals surface area contributed by atoms with Crippen LogP contribution in [-0.2, 0) is 10.0 Å². The maximum absolute atomic E-state index is 12.7. The number of hydrogen-bond acceptors (Lipinski definition) is 4. The van der Waals surface area contributed by atoms with Gasteiger partial charge in [0, 0.05) is 24.0 Å². The Hall–Kier alpha value is -1.37. The number of thiophene rings is 1. The highest BCUT2D eigenvalue weighted by Crippen LogP contribution is 2.33. The van der Waals surface area contributed by atoms with Gasteiger partial charge in [0.15, 0.2) is 0 Å². The lowest BCUT2D eigenvalue weighted by atomic mass is 9.97. The maximum Gasteiger partial charge on any atom is 0.243 e. The molecule has 118 valence electrons. The van der Waals surface area contributed by atoms with Crippen LogP contribution in [0.15, 0.2) is 46.7 Å². The molecule has 1 aliphatic heterocycles. The predicted molar refractivity (Wildman–Crippen MR) is 88.0 cm³/mol. The number of hydrogen-bond donors (Lipinski definition) is 0. The van der Waals surface area contributed by atoms with Gasteiger partial charge >= 0.3 is 0 Å². The summed E-state index contributed by atoms with van der Waals surface area (Å²) in [6, 6.07) is 10.9. The Morgan fingerprint density at radius 3 is 2.59 bits per heavy atom. The molecule has 1 aromatic heterocycles. The second-order valence-corrected chi connectivity index (χ2v) is 8.29. The summed E-state index contributed by atoms with van der Waals surface area (Å²) in [6.45, 7) is 1.14. The van der Waals surface area contributed by atoms with Crippen molar-refractivity contribution in [1.29, 1.82) is 0 Å². The van der Waals surface area contributed by atoms with Crippen molar-refractivity contribution in [2.45, 2.75) is 23.7 Å². The molecule has 0 atom stereocenters. The van der Waals surface area contributed by atoms with Gasteiger partial charge in [-0.2, -0.15) is 4.31 Å². The average molecular weight is 337 g/mol. The first-order chi connectivity index (χ1) is 10.6. The van der Waals surface area contributed by atoms with E-state index in [4.69, 9.17) is 4.74 Å². The fourth-order valence-corrected chi connectivity index (χ4v) is 5.22. The molecule has 1 saturated heterocycles. The quantitative estimate of drug-likeness (QED) is 0.860. The van der Waals surface area contributed by atoms with Crippen molar-refractivity contribution in [1.82, 2.24) is 4.31 Å². The monoisotopic (exact) mass is 337 g/mol. The summed E-state index contributed by atoms with van der Waals surface area (Å²) >= 11 is 1.75. The van der Waals surface area contributed by atoms with Gasteiger partial charge in [0.25, 0.3) is 0 Å². The van der Waals surface area contributed by atoms with E-state index >= 15 is 0 Å². The molecule has 0 saturated carbocycles. The summed E-state index contributed by atoms with van der Waals surface area (Å²) in [5.74, 6) is 1.05. The number of piperidine rings is 1.